The first kappa shape index (κ1) is 12.9. The minimum absolute atomic E-state index is 0.154. The van der Waals surface area contributed by atoms with Gasteiger partial charge < -0.3 is 24.4 Å². The Morgan fingerprint density at radius 2 is 1.81 bits per heavy atom. The van der Waals surface area contributed by atoms with Crippen molar-refractivity contribution in [2.45, 2.75) is 37.4 Å². The minimum Gasteiger partial charge on any atom is -0.458 e. The third kappa shape index (κ3) is 2.49. The molecule has 1 unspecified atom stereocenters. The van der Waals surface area contributed by atoms with Crippen LogP contribution in [0.1, 0.15) is 6.92 Å². The zero-order chi connectivity index (χ0) is 12.1. The first-order chi connectivity index (χ1) is 7.65. The summed E-state index contributed by atoms with van der Waals surface area (Å²) < 4.78 is 14.6. The van der Waals surface area contributed by atoms with Crippen LogP contribution in [-0.4, -0.2) is 60.3 Å². The molecule has 1 heterocycles. The Bertz CT molecular complexity index is 244. The van der Waals surface area contributed by atoms with Crippen LogP contribution in [0.15, 0.2) is 0 Å². The lowest BCUT2D eigenvalue weighted by Gasteiger charge is -2.40. The first-order valence-corrected chi connectivity index (χ1v) is 4.78. The van der Waals surface area contributed by atoms with Gasteiger partial charge in [0, 0.05) is 0 Å². The van der Waals surface area contributed by atoms with E-state index >= 15 is 0 Å². The highest BCUT2D eigenvalue weighted by Gasteiger charge is 2.46. The van der Waals surface area contributed by atoms with Gasteiger partial charge in [0.25, 0.3) is 12.9 Å². The smallest absolute Gasteiger partial charge is 0.293 e. The average molecular weight is 234 g/mol. The van der Waals surface area contributed by atoms with E-state index < -0.39 is 37.1 Å². The fourth-order valence-electron chi connectivity index (χ4n) is 1.73. The largest absolute Gasteiger partial charge is 0.458 e. The maximum absolute atomic E-state index is 10.3. The summed E-state index contributed by atoms with van der Waals surface area (Å²) in [7, 11) is 0. The average Bonchev–Trinajstić information content (AvgIpc) is 2.28. The molecule has 1 saturated heterocycles. The highest BCUT2D eigenvalue weighted by molar-refractivity contribution is 5.40. The molecule has 1 aliphatic rings. The fourth-order valence-corrected chi connectivity index (χ4v) is 1.73. The number of rotatable bonds is 5. The van der Waals surface area contributed by atoms with Crippen LogP contribution in [0, 0.1) is 0 Å². The Morgan fingerprint density at radius 3 is 2.31 bits per heavy atom. The van der Waals surface area contributed by atoms with E-state index in [4.69, 9.17) is 14.6 Å². The zero-order valence-corrected chi connectivity index (χ0v) is 8.68. The molecular weight excluding hydrogens is 220 g/mol. The van der Waals surface area contributed by atoms with Gasteiger partial charge in [0.1, 0.15) is 12.2 Å². The van der Waals surface area contributed by atoms with E-state index in [1.165, 1.54) is 0 Å². The molecule has 0 spiro atoms. The number of carbonyl (C=O) groups excluding carboxylic acids is 2. The van der Waals surface area contributed by atoms with Gasteiger partial charge in [-0.3, -0.25) is 9.59 Å². The van der Waals surface area contributed by atoms with Gasteiger partial charge in [-0.05, 0) is 6.92 Å². The summed E-state index contributed by atoms with van der Waals surface area (Å²) in [5, 5.41) is 18.7. The summed E-state index contributed by atoms with van der Waals surface area (Å²) in [6.45, 7) is 1.51. The van der Waals surface area contributed by atoms with Crippen molar-refractivity contribution in [3.63, 3.8) is 0 Å². The van der Waals surface area contributed by atoms with Gasteiger partial charge in [0.2, 0.25) is 0 Å². The highest BCUT2D eigenvalue weighted by atomic mass is 16.6. The van der Waals surface area contributed by atoms with Crippen molar-refractivity contribution in [2.24, 2.45) is 0 Å². The summed E-state index contributed by atoms with van der Waals surface area (Å²) >= 11 is 0. The van der Waals surface area contributed by atoms with E-state index in [1.807, 2.05) is 0 Å². The van der Waals surface area contributed by atoms with Crippen molar-refractivity contribution in [3.8, 4) is 0 Å². The van der Waals surface area contributed by atoms with E-state index in [1.54, 1.807) is 6.92 Å². The second kappa shape index (κ2) is 5.78. The lowest BCUT2D eigenvalue weighted by Crippen LogP contribution is -2.59. The number of aliphatic hydroxyl groups excluding tert-OH is 2. The minimum atomic E-state index is -1.24. The molecule has 0 aliphatic carbocycles. The molecule has 0 radical (unpaired) electrons. The molecule has 16 heavy (non-hydrogen) atoms. The first-order valence-electron chi connectivity index (χ1n) is 4.78. The van der Waals surface area contributed by atoms with E-state index in [2.05, 4.69) is 4.74 Å². The predicted molar refractivity (Wildman–Crippen MR) is 49.3 cm³/mol. The standard InChI is InChI=1S/C9H14O7/c1-5-8(14-3-11)9(15-4-12)7(13)6(2-10)16-5/h3-10,13H,2H2,1H3/t5?,6-,7-,8-,9+/m1/s1. The molecule has 0 aromatic heterocycles. The van der Waals surface area contributed by atoms with Crippen molar-refractivity contribution in [1.82, 2.24) is 0 Å². The Hall–Kier alpha value is -1.18. The van der Waals surface area contributed by atoms with Crippen molar-refractivity contribution in [3.05, 3.63) is 0 Å². The third-order valence-corrected chi connectivity index (χ3v) is 2.50. The van der Waals surface area contributed by atoms with E-state index in [-0.39, 0.29) is 12.9 Å². The maximum atomic E-state index is 10.3. The van der Waals surface area contributed by atoms with Crippen molar-refractivity contribution in [2.75, 3.05) is 6.61 Å². The van der Waals surface area contributed by atoms with Crippen LogP contribution in [0.4, 0.5) is 0 Å². The maximum Gasteiger partial charge on any atom is 0.293 e. The summed E-state index contributed by atoms with van der Waals surface area (Å²) in [6, 6.07) is 0. The number of aliphatic hydroxyl groups is 2. The molecule has 2 N–H and O–H groups in total. The van der Waals surface area contributed by atoms with E-state index in [0.717, 1.165) is 0 Å². The van der Waals surface area contributed by atoms with Gasteiger partial charge in [-0.1, -0.05) is 0 Å². The van der Waals surface area contributed by atoms with Gasteiger partial charge in [-0.2, -0.15) is 0 Å². The highest BCUT2D eigenvalue weighted by Crippen LogP contribution is 2.24. The second-order valence-corrected chi connectivity index (χ2v) is 3.45. The molecule has 1 fully saturated rings. The molecule has 1 rings (SSSR count). The van der Waals surface area contributed by atoms with Gasteiger partial charge in [-0.25, -0.2) is 0 Å². The number of hydrogen-bond acceptors (Lipinski definition) is 7. The molecule has 0 bridgehead atoms. The van der Waals surface area contributed by atoms with Crippen molar-refractivity contribution >= 4 is 12.9 Å². The molecular formula is C9H14O7. The number of hydrogen-bond donors (Lipinski definition) is 2. The van der Waals surface area contributed by atoms with Crippen LogP contribution >= 0.6 is 0 Å². The summed E-state index contributed by atoms with van der Waals surface area (Å²) in [5.41, 5.74) is 0. The van der Waals surface area contributed by atoms with Crippen LogP contribution in [0.5, 0.6) is 0 Å². The van der Waals surface area contributed by atoms with Gasteiger partial charge in [0.05, 0.1) is 12.7 Å². The van der Waals surface area contributed by atoms with E-state index in [9.17, 15) is 14.7 Å². The Morgan fingerprint density at radius 1 is 1.25 bits per heavy atom. The molecule has 7 nitrogen and oxygen atoms in total. The SMILES string of the molecule is CC1O[C@H](CO)[C@@H](O)[C@H](OC=O)[C@@H]1OC=O. The zero-order valence-electron chi connectivity index (χ0n) is 8.68. The van der Waals surface area contributed by atoms with Crippen LogP contribution < -0.4 is 0 Å². The molecule has 5 atom stereocenters. The molecule has 92 valence electrons. The molecule has 0 aromatic carbocycles. The molecule has 0 aromatic rings. The van der Waals surface area contributed by atoms with Crippen LogP contribution in [0.2, 0.25) is 0 Å². The van der Waals surface area contributed by atoms with Crippen LogP contribution in [0.25, 0.3) is 0 Å². The topological polar surface area (TPSA) is 102 Å². The van der Waals surface area contributed by atoms with Crippen LogP contribution in [0.3, 0.4) is 0 Å². The Kier molecular flexibility index (Phi) is 4.66. The van der Waals surface area contributed by atoms with E-state index in [0.29, 0.717) is 0 Å². The third-order valence-electron chi connectivity index (χ3n) is 2.50. The molecule has 0 amide bonds. The van der Waals surface area contributed by atoms with Crippen molar-refractivity contribution in [1.29, 1.82) is 0 Å². The van der Waals surface area contributed by atoms with Crippen LogP contribution in [-0.2, 0) is 23.8 Å². The van der Waals surface area contributed by atoms with Gasteiger partial charge in [-0.15, -0.1) is 0 Å². The molecule has 7 heteroatoms. The molecule has 1 aliphatic heterocycles. The Labute approximate surface area is 91.9 Å². The Balaban J connectivity index is 2.81. The van der Waals surface area contributed by atoms with Gasteiger partial charge in [0.15, 0.2) is 12.2 Å². The normalized spacial score (nSPS) is 38.8. The number of ether oxygens (including phenoxy) is 3. The number of carbonyl (C=O) groups is 2. The summed E-state index contributed by atoms with van der Waals surface area (Å²) in [4.78, 5) is 20.6. The fraction of sp³-hybridized carbons (Fsp3) is 0.778. The summed E-state index contributed by atoms with van der Waals surface area (Å²) in [6.07, 6.45) is -4.62. The summed E-state index contributed by atoms with van der Waals surface area (Å²) in [5.74, 6) is 0. The predicted octanol–water partition coefficient (Wildman–Crippen LogP) is -1.79. The monoisotopic (exact) mass is 234 g/mol. The lowest BCUT2D eigenvalue weighted by molar-refractivity contribution is -0.235. The second-order valence-electron chi connectivity index (χ2n) is 3.45. The van der Waals surface area contributed by atoms with Gasteiger partial charge >= 0.3 is 0 Å². The lowest BCUT2D eigenvalue weighted by atomic mass is 9.95. The molecule has 0 saturated carbocycles. The van der Waals surface area contributed by atoms with Crippen molar-refractivity contribution < 1.29 is 34.0 Å². The quantitative estimate of drug-likeness (QED) is 0.541.